The third kappa shape index (κ3) is 25.5. The van der Waals surface area contributed by atoms with E-state index in [0.29, 0.717) is 6.04 Å². The first-order valence-electron chi connectivity index (χ1n) is 9.55. The molecule has 0 aromatic carbocycles. The van der Waals surface area contributed by atoms with E-state index < -0.39 is 0 Å². The molecule has 2 aliphatic heterocycles. The van der Waals surface area contributed by atoms with Crippen molar-refractivity contribution in [1.29, 1.82) is 0 Å². The van der Waals surface area contributed by atoms with Crippen LogP contribution >= 0.6 is 0 Å². The van der Waals surface area contributed by atoms with Gasteiger partial charge in [-0.25, -0.2) is 14.1 Å². The molecule has 0 radical (unpaired) electrons. The van der Waals surface area contributed by atoms with E-state index in [2.05, 4.69) is 105 Å². The summed E-state index contributed by atoms with van der Waals surface area (Å²) in [6, 6.07) is 0.406. The van der Waals surface area contributed by atoms with Gasteiger partial charge >= 0.3 is 0 Å². The second-order valence-corrected chi connectivity index (χ2v) is 10.7. The molecule has 12 heteroatoms. The van der Waals surface area contributed by atoms with Gasteiger partial charge in [0.25, 0.3) is 0 Å². The van der Waals surface area contributed by atoms with E-state index in [4.69, 9.17) is 0 Å². The summed E-state index contributed by atoms with van der Waals surface area (Å²) in [5.74, 6) is 0. The van der Waals surface area contributed by atoms with Crippen molar-refractivity contribution in [2.24, 2.45) is 0 Å². The smallest absolute Gasteiger partial charge is 0 e. The molecule has 0 amide bonds. The number of piperidine rings is 1. The Morgan fingerprint density at radius 3 is 1.48 bits per heavy atom. The van der Waals surface area contributed by atoms with Crippen molar-refractivity contribution < 1.29 is 41.7 Å². The zero-order chi connectivity index (χ0) is 23.7. The van der Waals surface area contributed by atoms with Gasteiger partial charge in [0.2, 0.25) is 0 Å². The van der Waals surface area contributed by atoms with E-state index >= 15 is 0 Å². The van der Waals surface area contributed by atoms with Crippen LogP contribution in [0.25, 0.3) is 10.6 Å². The van der Waals surface area contributed by atoms with Crippen LogP contribution in [0.4, 0.5) is 0 Å². The van der Waals surface area contributed by atoms with Crippen molar-refractivity contribution in [3.05, 3.63) is 34.6 Å². The summed E-state index contributed by atoms with van der Waals surface area (Å²) >= 11 is 27.9. The van der Waals surface area contributed by atoms with Gasteiger partial charge in [-0.1, -0.05) is 31.4 Å². The molecule has 0 aromatic rings. The minimum Gasteiger partial charge on any atom is -0.800 e. The van der Waals surface area contributed by atoms with Gasteiger partial charge in [-0.05, 0) is 42.3 Å². The minimum atomic E-state index is -0.148. The molecular weight excluding hydrogens is 631 g/mol. The predicted molar refractivity (Wildman–Crippen MR) is 148 cm³/mol. The van der Waals surface area contributed by atoms with Gasteiger partial charge in [-0.2, -0.15) is 5.70 Å². The van der Waals surface area contributed by atoms with E-state index in [1.165, 1.54) is 25.0 Å². The number of hydrogen-bond acceptors (Lipinski definition) is 9. The molecule has 1 fully saturated rings. The normalized spacial score (nSPS) is 17.7. The summed E-state index contributed by atoms with van der Waals surface area (Å²) < 4.78 is -0.444. The molecule has 0 bridgehead atoms. The molecule has 31 heavy (non-hydrogen) atoms. The van der Waals surface area contributed by atoms with Gasteiger partial charge in [0.05, 0.1) is 0 Å². The number of hydrogen-bond donors (Lipinski definition) is 0. The van der Waals surface area contributed by atoms with Crippen LogP contribution in [0, 0.1) is 41.7 Å². The first-order chi connectivity index (χ1) is 13.9. The molecule has 2 aliphatic rings. The fraction of sp³-hybridized carbons (Fsp3) is 0.789. The van der Waals surface area contributed by atoms with Crippen molar-refractivity contribution in [3.63, 3.8) is 0 Å². The number of nitrogens with zero attached hydrogens (tertiary/aromatic N) is 5. The van der Waals surface area contributed by atoms with Crippen LogP contribution in [0.15, 0.2) is 23.9 Å². The SMILES string of the molecule is C1=CC[N-]C(C2CCCC[N-]2)=C1.CN(C)C([S-])[S-].CN(C)C([S-])[S-].CN(C)C([S-])[S-].[Ce]. The Labute approximate surface area is 258 Å². The maximum atomic E-state index is 4.64. The van der Waals surface area contributed by atoms with Gasteiger partial charge in [0, 0.05) is 41.7 Å². The van der Waals surface area contributed by atoms with Crippen LogP contribution in [0.1, 0.15) is 19.3 Å². The summed E-state index contributed by atoms with van der Waals surface area (Å²) in [6.45, 7) is 1.87. The van der Waals surface area contributed by atoms with Crippen molar-refractivity contribution in [2.45, 2.75) is 39.4 Å². The zero-order valence-electron chi connectivity index (χ0n) is 19.3. The largest absolute Gasteiger partial charge is 0.800 e. The van der Waals surface area contributed by atoms with Crippen LogP contribution in [0.2, 0.25) is 0 Å². The summed E-state index contributed by atoms with van der Waals surface area (Å²) in [4.78, 5) is 5.39. The van der Waals surface area contributed by atoms with Crippen LogP contribution < -0.4 is 0 Å². The van der Waals surface area contributed by atoms with Crippen molar-refractivity contribution in [3.8, 4) is 0 Å². The molecule has 1 saturated heterocycles. The molecule has 0 N–H and O–H groups in total. The number of allylic oxidation sites excluding steroid dienone is 2. The molecule has 1 atom stereocenters. The quantitative estimate of drug-likeness (QED) is 0.422. The Morgan fingerprint density at radius 1 is 0.806 bits per heavy atom. The van der Waals surface area contributed by atoms with Crippen LogP contribution in [-0.4, -0.2) is 90.2 Å². The van der Waals surface area contributed by atoms with E-state index in [0.717, 1.165) is 13.1 Å². The van der Waals surface area contributed by atoms with E-state index in [-0.39, 0.29) is 55.9 Å². The monoisotopic (exact) mass is 665 g/mol. The van der Waals surface area contributed by atoms with Crippen molar-refractivity contribution >= 4 is 75.8 Å². The van der Waals surface area contributed by atoms with Gasteiger partial charge in [-0.15, -0.1) is 25.2 Å². The Kier molecular flexibility index (Phi) is 29.9. The van der Waals surface area contributed by atoms with Crippen LogP contribution in [0.3, 0.4) is 0 Å². The maximum Gasteiger partial charge on any atom is 0 e. The maximum absolute atomic E-state index is 4.64. The summed E-state index contributed by atoms with van der Waals surface area (Å²) in [5, 5.41) is 8.99. The Morgan fingerprint density at radius 2 is 1.23 bits per heavy atom. The molecule has 184 valence electrons. The average Bonchev–Trinajstić information content (AvgIpc) is 2.70. The van der Waals surface area contributed by atoms with Gasteiger partial charge < -0.3 is 101 Å². The van der Waals surface area contributed by atoms with Crippen molar-refractivity contribution in [1.82, 2.24) is 14.7 Å². The molecule has 0 aromatic heterocycles. The Balaban J connectivity index is -0.000000360. The molecule has 1 unspecified atom stereocenters. The number of rotatable bonds is 4. The van der Waals surface area contributed by atoms with Gasteiger partial charge in [0.1, 0.15) is 0 Å². The molecule has 2 rings (SSSR count). The van der Waals surface area contributed by atoms with Gasteiger partial charge in [0.15, 0.2) is 0 Å². The average molecular weight is 666 g/mol. The first kappa shape index (κ1) is 38.1. The third-order valence-electron chi connectivity index (χ3n) is 3.62. The molecule has 0 saturated carbocycles. The Bertz CT molecular complexity index is 411. The van der Waals surface area contributed by atoms with Crippen LogP contribution in [-0.2, 0) is 75.8 Å². The second kappa shape index (κ2) is 24.3. The fourth-order valence-corrected chi connectivity index (χ4v) is 1.68. The summed E-state index contributed by atoms with van der Waals surface area (Å²) in [7, 11) is 11.2. The first-order valence-corrected chi connectivity index (χ1v) is 12.4. The van der Waals surface area contributed by atoms with E-state index in [9.17, 15) is 0 Å². The Hall–Kier alpha value is 2.60. The molecule has 0 spiro atoms. The molecular formula is C19H35CeN5S6-8. The molecule has 5 nitrogen and oxygen atoms in total. The second-order valence-electron chi connectivity index (χ2n) is 7.09. The standard InChI is InChI=1S/C10H14N2.3C3H9NS2.Ce/c1-3-7-11-9(5-1)10-6-2-4-8-12-10;3*1-4(2)3(5)6;/h1,3,5,10H,2,4,6-8H2;3*3,5-6H,1-2H3;/q-2;;;;/p-6. The molecule has 0 aliphatic carbocycles. The fourth-order valence-electron chi connectivity index (χ4n) is 1.68. The molecule has 2 heterocycles. The van der Waals surface area contributed by atoms with Crippen molar-refractivity contribution in [2.75, 3.05) is 55.4 Å². The van der Waals surface area contributed by atoms with Crippen LogP contribution in [0.5, 0.6) is 0 Å². The van der Waals surface area contributed by atoms with Gasteiger partial charge in [-0.3, -0.25) is 0 Å². The summed E-state index contributed by atoms with van der Waals surface area (Å²) in [5.41, 5.74) is 1.19. The summed E-state index contributed by atoms with van der Waals surface area (Å²) in [6.07, 6.45) is 10.0. The predicted octanol–water partition coefficient (Wildman–Crippen LogP) is 2.52. The zero-order valence-corrected chi connectivity index (χ0v) is 27.3. The van der Waals surface area contributed by atoms with E-state index in [1.54, 1.807) is 14.7 Å². The van der Waals surface area contributed by atoms with E-state index in [1.807, 2.05) is 42.3 Å². The third-order valence-corrected chi connectivity index (χ3v) is 6.15. The minimum absolute atomic E-state index is 0. The topological polar surface area (TPSA) is 37.9 Å².